The molecule has 1 saturated carbocycles. The fourth-order valence-corrected chi connectivity index (χ4v) is 4.45. The number of allylic oxidation sites excluding steroid dienone is 1. The molecule has 5 rings (SSSR count). The third kappa shape index (κ3) is 4.65. The van der Waals surface area contributed by atoms with Crippen LogP contribution in [0, 0.1) is 5.92 Å². The molecule has 1 unspecified atom stereocenters. The number of hydrogen-bond acceptors (Lipinski definition) is 6. The molecule has 1 aromatic heterocycles. The molecular weight excluding hydrogens is 447 g/mol. The van der Waals surface area contributed by atoms with Crippen molar-refractivity contribution in [1.29, 1.82) is 0 Å². The number of rotatable bonds is 7. The van der Waals surface area contributed by atoms with Gasteiger partial charge in [-0.05, 0) is 59.2 Å². The lowest BCUT2D eigenvalue weighted by Crippen LogP contribution is -2.17. The normalized spacial score (nSPS) is 17.9. The summed E-state index contributed by atoms with van der Waals surface area (Å²) in [7, 11) is 1.57. The maximum atomic E-state index is 14.5. The minimum absolute atomic E-state index is 0.259. The summed E-state index contributed by atoms with van der Waals surface area (Å²) in [4.78, 5) is 20.2. The summed E-state index contributed by atoms with van der Waals surface area (Å²) in [6.45, 7) is 0. The first kappa shape index (κ1) is 22.7. The molecule has 2 aromatic carbocycles. The van der Waals surface area contributed by atoms with Crippen molar-refractivity contribution in [3.05, 3.63) is 88.9 Å². The molecule has 35 heavy (non-hydrogen) atoms. The smallest absolute Gasteiger partial charge is 0.328 e. The summed E-state index contributed by atoms with van der Waals surface area (Å²) in [5.41, 5.74) is 11.2. The van der Waals surface area contributed by atoms with Crippen molar-refractivity contribution in [2.75, 3.05) is 12.5 Å². The van der Waals surface area contributed by atoms with Crippen LogP contribution in [-0.4, -0.2) is 28.2 Å². The van der Waals surface area contributed by atoms with E-state index < -0.39 is 12.3 Å². The van der Waals surface area contributed by atoms with Gasteiger partial charge in [-0.1, -0.05) is 36.8 Å². The number of carbonyl (C=O) groups is 1. The molecule has 1 fully saturated rings. The molecule has 1 aliphatic heterocycles. The van der Waals surface area contributed by atoms with Gasteiger partial charge < -0.3 is 15.3 Å². The van der Waals surface area contributed by atoms with Crippen molar-refractivity contribution >= 4 is 28.9 Å². The van der Waals surface area contributed by atoms with Crippen LogP contribution in [0.4, 0.5) is 10.1 Å². The van der Waals surface area contributed by atoms with Gasteiger partial charge in [0.2, 0.25) is 5.88 Å². The topological polar surface area (TPSA) is 96.4 Å². The molecule has 1 aliphatic carbocycles. The number of hydrogen-bond donors (Lipinski definition) is 3. The van der Waals surface area contributed by atoms with Crippen LogP contribution in [0.2, 0.25) is 0 Å². The highest BCUT2D eigenvalue weighted by atomic mass is 19.1. The maximum Gasteiger partial charge on any atom is 0.328 e. The Morgan fingerprint density at radius 2 is 1.91 bits per heavy atom. The highest BCUT2D eigenvalue weighted by Gasteiger charge is 2.30. The molecule has 0 saturated heterocycles. The molecule has 0 spiro atoms. The second-order valence-electron chi connectivity index (χ2n) is 8.57. The van der Waals surface area contributed by atoms with Crippen molar-refractivity contribution in [3.8, 4) is 5.88 Å². The molecule has 1 atom stereocenters. The quantitative estimate of drug-likeness (QED) is 0.320. The highest BCUT2D eigenvalue weighted by Crippen LogP contribution is 2.45. The molecule has 0 bridgehead atoms. The second-order valence-corrected chi connectivity index (χ2v) is 8.57. The molecule has 8 heteroatoms. The summed E-state index contributed by atoms with van der Waals surface area (Å²) in [6.07, 6.45) is 6.18. The Labute approximate surface area is 202 Å². The summed E-state index contributed by atoms with van der Waals surface area (Å²) in [6, 6.07) is 15.1. The van der Waals surface area contributed by atoms with E-state index in [1.165, 1.54) is 0 Å². The predicted molar refractivity (Wildman–Crippen MR) is 132 cm³/mol. The number of aliphatic carboxylic acids is 1. The van der Waals surface area contributed by atoms with Crippen molar-refractivity contribution in [2.24, 2.45) is 5.92 Å². The van der Waals surface area contributed by atoms with Gasteiger partial charge in [0.15, 0.2) is 12.1 Å². The van der Waals surface area contributed by atoms with Crippen LogP contribution in [0.15, 0.2) is 60.8 Å². The van der Waals surface area contributed by atoms with Gasteiger partial charge in [-0.3, -0.25) is 0 Å². The Hall–Kier alpha value is -4.04. The van der Waals surface area contributed by atoms with Crippen molar-refractivity contribution in [3.63, 3.8) is 0 Å². The summed E-state index contributed by atoms with van der Waals surface area (Å²) < 4.78 is 19.9. The van der Waals surface area contributed by atoms with Gasteiger partial charge in [0.25, 0.3) is 0 Å². The Morgan fingerprint density at radius 1 is 1.14 bits per heavy atom. The lowest BCUT2D eigenvalue weighted by Gasteiger charge is -2.30. The third-order valence-corrected chi connectivity index (χ3v) is 6.43. The molecule has 3 aromatic rings. The first-order valence-corrected chi connectivity index (χ1v) is 11.5. The van der Waals surface area contributed by atoms with Crippen LogP contribution in [-0.2, 0) is 4.79 Å². The van der Waals surface area contributed by atoms with E-state index in [-0.39, 0.29) is 5.92 Å². The molecule has 3 N–H and O–H groups in total. The number of ether oxygens (including phenoxy) is 1. The number of nitrogens with one attached hydrogen (secondary N) is 2. The Bertz CT molecular complexity index is 1320. The van der Waals surface area contributed by atoms with E-state index in [0.717, 1.165) is 53.2 Å². The zero-order chi connectivity index (χ0) is 24.4. The third-order valence-electron chi connectivity index (χ3n) is 6.43. The Kier molecular flexibility index (Phi) is 6.29. The van der Waals surface area contributed by atoms with Gasteiger partial charge in [-0.2, -0.15) is 4.98 Å². The van der Waals surface area contributed by atoms with Gasteiger partial charge >= 0.3 is 5.97 Å². The van der Waals surface area contributed by atoms with Crippen LogP contribution in [0.1, 0.15) is 53.6 Å². The van der Waals surface area contributed by atoms with Crippen LogP contribution >= 0.6 is 0 Å². The number of fused-ring (bicyclic) bond motifs is 1. The molecule has 0 radical (unpaired) electrons. The molecule has 178 valence electrons. The fourth-order valence-electron chi connectivity index (χ4n) is 4.45. The SMILES string of the molecule is COc1ccnc(/C(=C(\c2ccc(/C=C/C(=O)O)cc2)c2ccc3c(c2)C(F)NN3)C2CCC2)n1. The molecule has 7 nitrogen and oxygen atoms in total. The van der Waals surface area contributed by atoms with Gasteiger partial charge in [-0.15, -0.1) is 0 Å². The number of nitrogens with zero attached hydrogens (tertiary/aromatic N) is 2. The minimum atomic E-state index is -1.31. The van der Waals surface area contributed by atoms with E-state index in [1.807, 2.05) is 42.5 Å². The number of anilines is 1. The van der Waals surface area contributed by atoms with E-state index in [1.54, 1.807) is 25.4 Å². The first-order valence-electron chi connectivity index (χ1n) is 11.5. The van der Waals surface area contributed by atoms with E-state index in [9.17, 15) is 9.18 Å². The van der Waals surface area contributed by atoms with Crippen LogP contribution in [0.5, 0.6) is 5.88 Å². The number of aromatic nitrogens is 2. The molecular formula is C27H25FN4O3. The Balaban J connectivity index is 1.71. The lowest BCUT2D eigenvalue weighted by atomic mass is 9.75. The summed E-state index contributed by atoms with van der Waals surface area (Å²) >= 11 is 0. The predicted octanol–water partition coefficient (Wildman–Crippen LogP) is 5.24. The number of halogens is 1. The van der Waals surface area contributed by atoms with Crippen molar-refractivity contribution < 1.29 is 19.0 Å². The van der Waals surface area contributed by atoms with Crippen molar-refractivity contribution in [2.45, 2.75) is 25.6 Å². The minimum Gasteiger partial charge on any atom is -0.481 e. The number of carboxylic acids is 1. The number of methoxy groups -OCH3 is 1. The van der Waals surface area contributed by atoms with Gasteiger partial charge in [-0.25, -0.2) is 19.6 Å². The monoisotopic (exact) mass is 472 g/mol. The molecule has 2 aliphatic rings. The number of hydrazine groups is 1. The van der Waals surface area contributed by atoms with Gasteiger partial charge in [0.1, 0.15) is 0 Å². The van der Waals surface area contributed by atoms with Gasteiger partial charge in [0, 0.05) is 29.5 Å². The largest absolute Gasteiger partial charge is 0.481 e. The van der Waals surface area contributed by atoms with E-state index >= 15 is 0 Å². The lowest BCUT2D eigenvalue weighted by molar-refractivity contribution is -0.131. The Morgan fingerprint density at radius 3 is 2.60 bits per heavy atom. The maximum absolute atomic E-state index is 14.5. The number of benzene rings is 2. The van der Waals surface area contributed by atoms with Crippen LogP contribution in [0.3, 0.4) is 0 Å². The first-order chi connectivity index (χ1) is 17.0. The van der Waals surface area contributed by atoms with Crippen LogP contribution < -0.4 is 15.6 Å². The zero-order valence-electron chi connectivity index (χ0n) is 19.2. The van der Waals surface area contributed by atoms with Crippen molar-refractivity contribution in [1.82, 2.24) is 15.4 Å². The summed E-state index contributed by atoms with van der Waals surface area (Å²) in [5, 5.41) is 8.94. The highest BCUT2D eigenvalue weighted by molar-refractivity contribution is 5.99. The average molecular weight is 473 g/mol. The molecule has 2 heterocycles. The number of carboxylic acid groups (broad SMARTS) is 1. The standard InChI is InChI=1S/C27H25FN4O3/c1-35-22-13-14-29-27(30-22)25(17-3-2-4-17)24(18-8-5-16(6-9-18)7-12-23(33)34)19-10-11-21-20(15-19)26(28)32-31-21/h5-15,17,26,31-32H,2-4H2,1H3,(H,33,34)/b12-7+,25-24+. The summed E-state index contributed by atoms with van der Waals surface area (Å²) in [5.74, 6) is 0.326. The van der Waals surface area contributed by atoms with E-state index in [2.05, 4.69) is 20.8 Å². The van der Waals surface area contributed by atoms with Crippen LogP contribution in [0.25, 0.3) is 17.2 Å². The number of alkyl halides is 1. The molecule has 0 amide bonds. The van der Waals surface area contributed by atoms with E-state index in [4.69, 9.17) is 9.84 Å². The van der Waals surface area contributed by atoms with E-state index in [0.29, 0.717) is 23.0 Å². The van der Waals surface area contributed by atoms with Gasteiger partial charge in [0.05, 0.1) is 12.8 Å². The fraction of sp³-hybridized carbons (Fsp3) is 0.222. The second kappa shape index (κ2) is 9.68. The zero-order valence-corrected chi connectivity index (χ0v) is 19.2. The average Bonchev–Trinajstić information content (AvgIpc) is 3.22.